The summed E-state index contributed by atoms with van der Waals surface area (Å²) >= 11 is 1.83. The van der Waals surface area contributed by atoms with E-state index < -0.39 is 0 Å². The van der Waals surface area contributed by atoms with Gasteiger partial charge in [-0.3, -0.25) is 0 Å². The molecular formula is C17H23NOS. The molecule has 1 heterocycles. The van der Waals surface area contributed by atoms with Gasteiger partial charge in [0.25, 0.3) is 0 Å². The molecule has 1 aromatic heterocycles. The molecule has 0 aliphatic rings. The van der Waals surface area contributed by atoms with Crippen LogP contribution in [0.1, 0.15) is 30.7 Å². The molecule has 0 saturated heterocycles. The molecule has 0 fully saturated rings. The van der Waals surface area contributed by atoms with E-state index in [0.717, 1.165) is 24.6 Å². The molecule has 0 atom stereocenters. The second-order valence-electron chi connectivity index (χ2n) is 5.49. The highest BCUT2D eigenvalue weighted by Crippen LogP contribution is 2.26. The van der Waals surface area contributed by atoms with Gasteiger partial charge in [-0.05, 0) is 48.7 Å². The summed E-state index contributed by atoms with van der Waals surface area (Å²) in [6, 6.07) is 10.7. The van der Waals surface area contributed by atoms with Crippen molar-refractivity contribution in [1.29, 1.82) is 0 Å². The van der Waals surface area contributed by atoms with Crippen molar-refractivity contribution < 1.29 is 4.42 Å². The van der Waals surface area contributed by atoms with E-state index in [-0.39, 0.29) is 0 Å². The van der Waals surface area contributed by atoms with Gasteiger partial charge in [-0.2, -0.15) is 0 Å². The lowest BCUT2D eigenvalue weighted by molar-refractivity contribution is 0.530. The Balaban J connectivity index is 1.88. The van der Waals surface area contributed by atoms with Crippen LogP contribution < -0.4 is 5.32 Å². The van der Waals surface area contributed by atoms with Crippen molar-refractivity contribution >= 4 is 11.8 Å². The highest BCUT2D eigenvalue weighted by molar-refractivity contribution is 7.98. The molecule has 0 radical (unpaired) electrons. The zero-order chi connectivity index (χ0) is 14.4. The first-order valence-corrected chi connectivity index (χ1v) is 8.09. The number of benzene rings is 1. The summed E-state index contributed by atoms with van der Waals surface area (Å²) in [4.78, 5) is 1.33. The van der Waals surface area contributed by atoms with E-state index in [4.69, 9.17) is 4.42 Å². The third-order valence-electron chi connectivity index (χ3n) is 3.07. The van der Waals surface area contributed by atoms with Crippen molar-refractivity contribution in [2.45, 2.75) is 38.0 Å². The Hall–Kier alpha value is -1.19. The second-order valence-corrected chi connectivity index (χ2v) is 6.51. The first-order chi connectivity index (χ1) is 9.65. The zero-order valence-corrected chi connectivity index (χ0v) is 13.3. The van der Waals surface area contributed by atoms with Crippen LogP contribution in [-0.4, -0.2) is 6.54 Å². The fourth-order valence-corrected chi connectivity index (χ4v) is 2.95. The lowest BCUT2D eigenvalue weighted by atomic mass is 10.1. The van der Waals surface area contributed by atoms with Crippen molar-refractivity contribution in [2.75, 3.05) is 6.54 Å². The molecule has 1 N–H and O–H groups in total. The standard InChI is InChI=1S/C17H23NOS/c1-13(2)10-18-11-15-6-7-17(14(3)9-15)20-12-16-5-4-8-19-16/h4-9,13,18H,10-12H2,1-3H3. The van der Waals surface area contributed by atoms with Crippen molar-refractivity contribution in [3.63, 3.8) is 0 Å². The monoisotopic (exact) mass is 289 g/mol. The molecule has 0 aliphatic heterocycles. The maximum absolute atomic E-state index is 5.36. The molecule has 0 spiro atoms. The highest BCUT2D eigenvalue weighted by Gasteiger charge is 2.03. The molecule has 2 aromatic rings. The van der Waals surface area contributed by atoms with Crippen molar-refractivity contribution in [3.05, 3.63) is 53.5 Å². The van der Waals surface area contributed by atoms with Crippen LogP contribution in [0, 0.1) is 12.8 Å². The molecule has 0 amide bonds. The fourth-order valence-electron chi connectivity index (χ4n) is 2.03. The SMILES string of the molecule is Cc1cc(CNCC(C)C)ccc1SCc1ccco1. The van der Waals surface area contributed by atoms with Gasteiger partial charge in [0.2, 0.25) is 0 Å². The summed E-state index contributed by atoms with van der Waals surface area (Å²) in [7, 11) is 0. The summed E-state index contributed by atoms with van der Waals surface area (Å²) < 4.78 is 5.36. The molecular weight excluding hydrogens is 266 g/mol. The molecule has 2 nitrogen and oxygen atoms in total. The van der Waals surface area contributed by atoms with Crippen LogP contribution in [0.3, 0.4) is 0 Å². The maximum Gasteiger partial charge on any atom is 0.113 e. The minimum Gasteiger partial charge on any atom is -0.468 e. The van der Waals surface area contributed by atoms with E-state index in [1.807, 2.05) is 23.9 Å². The molecule has 108 valence electrons. The first kappa shape index (κ1) is 15.2. The number of aryl methyl sites for hydroxylation is 1. The molecule has 20 heavy (non-hydrogen) atoms. The Kier molecular flexibility index (Phi) is 5.74. The Morgan fingerprint density at radius 3 is 2.75 bits per heavy atom. The maximum atomic E-state index is 5.36. The van der Waals surface area contributed by atoms with Gasteiger partial charge in [-0.15, -0.1) is 11.8 Å². The molecule has 0 aliphatic carbocycles. The van der Waals surface area contributed by atoms with Gasteiger partial charge in [0.15, 0.2) is 0 Å². The topological polar surface area (TPSA) is 25.2 Å². The van der Waals surface area contributed by atoms with E-state index >= 15 is 0 Å². The molecule has 0 unspecified atom stereocenters. The van der Waals surface area contributed by atoms with Crippen LogP contribution in [-0.2, 0) is 12.3 Å². The molecule has 2 rings (SSSR count). The van der Waals surface area contributed by atoms with Gasteiger partial charge in [0.05, 0.1) is 12.0 Å². The van der Waals surface area contributed by atoms with Crippen LogP contribution in [0.2, 0.25) is 0 Å². The predicted octanol–water partition coefficient (Wildman–Crippen LogP) is 4.63. The number of hydrogen-bond donors (Lipinski definition) is 1. The zero-order valence-electron chi connectivity index (χ0n) is 12.5. The van der Waals surface area contributed by atoms with Crippen molar-refractivity contribution in [2.24, 2.45) is 5.92 Å². The smallest absolute Gasteiger partial charge is 0.113 e. The van der Waals surface area contributed by atoms with Gasteiger partial charge >= 0.3 is 0 Å². The normalized spacial score (nSPS) is 11.2. The van der Waals surface area contributed by atoms with E-state index in [9.17, 15) is 0 Å². The number of hydrogen-bond acceptors (Lipinski definition) is 3. The molecule has 3 heteroatoms. The summed E-state index contributed by atoms with van der Waals surface area (Å²) in [5.41, 5.74) is 2.69. The van der Waals surface area contributed by atoms with Gasteiger partial charge in [0, 0.05) is 11.4 Å². The lowest BCUT2D eigenvalue weighted by Gasteiger charge is -2.10. The number of rotatable bonds is 7. The predicted molar refractivity (Wildman–Crippen MR) is 86.0 cm³/mol. The lowest BCUT2D eigenvalue weighted by Crippen LogP contribution is -2.18. The third-order valence-corrected chi connectivity index (χ3v) is 4.27. The minimum absolute atomic E-state index is 0.694. The van der Waals surface area contributed by atoms with Crippen LogP contribution in [0.5, 0.6) is 0 Å². The Morgan fingerprint density at radius 1 is 1.25 bits per heavy atom. The fraction of sp³-hybridized carbons (Fsp3) is 0.412. The summed E-state index contributed by atoms with van der Waals surface area (Å²) in [5.74, 6) is 2.61. The van der Waals surface area contributed by atoms with Gasteiger partial charge < -0.3 is 9.73 Å². The Bertz CT molecular complexity index is 520. The van der Waals surface area contributed by atoms with E-state index in [1.54, 1.807) is 6.26 Å². The molecule has 0 bridgehead atoms. The first-order valence-electron chi connectivity index (χ1n) is 7.10. The number of thioether (sulfide) groups is 1. The van der Waals surface area contributed by atoms with Crippen LogP contribution in [0.25, 0.3) is 0 Å². The van der Waals surface area contributed by atoms with E-state index in [1.165, 1.54) is 16.0 Å². The summed E-state index contributed by atoms with van der Waals surface area (Å²) in [5, 5.41) is 3.48. The molecule has 1 aromatic carbocycles. The third kappa shape index (κ3) is 4.73. The van der Waals surface area contributed by atoms with E-state index in [2.05, 4.69) is 44.3 Å². The highest BCUT2D eigenvalue weighted by atomic mass is 32.2. The van der Waals surface area contributed by atoms with Gasteiger partial charge in [-0.1, -0.05) is 26.0 Å². The number of nitrogens with one attached hydrogen (secondary N) is 1. The van der Waals surface area contributed by atoms with Crippen LogP contribution >= 0.6 is 11.8 Å². The largest absolute Gasteiger partial charge is 0.468 e. The van der Waals surface area contributed by atoms with E-state index in [0.29, 0.717) is 5.92 Å². The average Bonchev–Trinajstić information content (AvgIpc) is 2.90. The Labute approximate surface area is 126 Å². The summed E-state index contributed by atoms with van der Waals surface area (Å²) in [6.45, 7) is 8.64. The van der Waals surface area contributed by atoms with Crippen molar-refractivity contribution in [3.8, 4) is 0 Å². The van der Waals surface area contributed by atoms with Crippen LogP contribution in [0.15, 0.2) is 45.9 Å². The minimum atomic E-state index is 0.694. The quantitative estimate of drug-likeness (QED) is 0.753. The van der Waals surface area contributed by atoms with Crippen molar-refractivity contribution in [1.82, 2.24) is 5.32 Å². The molecule has 0 saturated carbocycles. The van der Waals surface area contributed by atoms with Crippen LogP contribution in [0.4, 0.5) is 0 Å². The second kappa shape index (κ2) is 7.55. The summed E-state index contributed by atoms with van der Waals surface area (Å²) in [6.07, 6.45) is 1.73. The Morgan fingerprint density at radius 2 is 2.10 bits per heavy atom. The average molecular weight is 289 g/mol. The van der Waals surface area contributed by atoms with Gasteiger partial charge in [0.1, 0.15) is 5.76 Å². The van der Waals surface area contributed by atoms with Gasteiger partial charge in [-0.25, -0.2) is 0 Å². The number of furan rings is 1.